The molecule has 41 heavy (non-hydrogen) atoms. The molecule has 1 aliphatic heterocycles. The summed E-state index contributed by atoms with van der Waals surface area (Å²) in [6.07, 6.45) is -5.54. The van der Waals surface area contributed by atoms with Gasteiger partial charge in [-0.1, -0.05) is 12.5 Å². The molecule has 0 fully saturated rings. The van der Waals surface area contributed by atoms with E-state index in [1.807, 2.05) is 13.0 Å². The molecule has 2 aromatic rings. The fourth-order valence-electron chi connectivity index (χ4n) is 5.70. The first-order chi connectivity index (χ1) is 19.2. The van der Waals surface area contributed by atoms with Crippen LogP contribution in [-0.2, 0) is 23.2 Å². The summed E-state index contributed by atoms with van der Waals surface area (Å²) in [5, 5.41) is 14.9. The van der Waals surface area contributed by atoms with E-state index < -0.39 is 58.3 Å². The van der Waals surface area contributed by atoms with Gasteiger partial charge in [-0.3, -0.25) is 9.69 Å². The number of nitrogens with zero attached hydrogens (tertiary/aromatic N) is 4. The Bertz CT molecular complexity index is 1530. The summed E-state index contributed by atoms with van der Waals surface area (Å²) in [7, 11) is -3.88. The van der Waals surface area contributed by atoms with Crippen LogP contribution < -0.4 is 10.4 Å². The minimum atomic E-state index is -5.11. The van der Waals surface area contributed by atoms with Crippen LogP contribution in [0.3, 0.4) is 0 Å². The summed E-state index contributed by atoms with van der Waals surface area (Å²) >= 11 is 0. The molecular weight excluding hydrogens is 576 g/mol. The van der Waals surface area contributed by atoms with Crippen LogP contribution in [0.1, 0.15) is 25.5 Å². The Hall–Kier alpha value is -3.30. The van der Waals surface area contributed by atoms with E-state index in [2.05, 4.69) is 10.5 Å². The normalized spacial score (nSPS) is 21.7. The predicted octanol–water partition coefficient (Wildman–Crippen LogP) is 4.34. The van der Waals surface area contributed by atoms with Gasteiger partial charge in [-0.25, -0.2) is 21.6 Å². The monoisotopic (exact) mass is 603 g/mol. The fraction of sp³-hybridized carbons (Fsp3) is 0.423. The molecule has 2 heterocycles. The highest BCUT2D eigenvalue weighted by atomic mass is 32.2. The molecular formula is C26H27F6N5O3S. The van der Waals surface area contributed by atoms with Crippen LogP contribution >= 0.6 is 0 Å². The summed E-state index contributed by atoms with van der Waals surface area (Å²) in [6.45, 7) is 0.397. The lowest BCUT2D eigenvalue weighted by molar-refractivity contribution is -0.143. The van der Waals surface area contributed by atoms with Gasteiger partial charge in [-0.05, 0) is 54.7 Å². The molecule has 5 rings (SSSR count). The zero-order valence-electron chi connectivity index (χ0n) is 21.9. The third-order valence-corrected chi connectivity index (χ3v) is 9.41. The van der Waals surface area contributed by atoms with Crippen molar-refractivity contribution in [1.82, 2.24) is 19.5 Å². The van der Waals surface area contributed by atoms with E-state index in [4.69, 9.17) is 0 Å². The zero-order chi connectivity index (χ0) is 29.9. The number of hydrogen-bond acceptors (Lipinski definition) is 6. The van der Waals surface area contributed by atoms with Crippen LogP contribution in [0.5, 0.6) is 0 Å². The molecule has 8 nitrogen and oxygen atoms in total. The second-order valence-electron chi connectivity index (χ2n) is 10.2. The number of fused-ring (bicyclic) bond motifs is 1. The first kappa shape index (κ1) is 29.2. The van der Waals surface area contributed by atoms with Gasteiger partial charge in [0.05, 0.1) is 11.4 Å². The van der Waals surface area contributed by atoms with Gasteiger partial charge in [0.25, 0.3) is 6.43 Å². The molecule has 1 unspecified atom stereocenters. The number of hydrogen-bond donors (Lipinski definition) is 2. The number of sulfonamides is 1. The molecule has 2 N–H and O–H groups in total. The average molecular weight is 604 g/mol. The number of aromatic nitrogens is 2. The van der Waals surface area contributed by atoms with Gasteiger partial charge >= 0.3 is 6.18 Å². The van der Waals surface area contributed by atoms with Crippen molar-refractivity contribution in [3.63, 3.8) is 0 Å². The lowest BCUT2D eigenvalue weighted by Gasteiger charge is -2.32. The van der Waals surface area contributed by atoms with Crippen LogP contribution in [-0.4, -0.2) is 53.2 Å². The molecule has 15 heteroatoms. The van der Waals surface area contributed by atoms with Crippen LogP contribution in [0, 0.1) is 17.7 Å². The highest BCUT2D eigenvalue weighted by Crippen LogP contribution is 2.48. The van der Waals surface area contributed by atoms with Crippen molar-refractivity contribution in [2.75, 3.05) is 18.1 Å². The summed E-state index contributed by atoms with van der Waals surface area (Å²) in [5.41, 5.74) is 5.56. The molecule has 0 saturated carbocycles. The van der Waals surface area contributed by atoms with Gasteiger partial charge in [0.2, 0.25) is 10.0 Å². The standard InChI is InChI=1S/C26H27F6N5O3S/c1-14-19-10-33-37(18-7-5-17(27)6-8-18)20(19)9-15-3-4-16(23(14)15)11-36(12-21(38)25(28)29)41(39,40)22-13-35(2)34-24(22)26(30,31)32/h5-10,13-14,16,21,25,33,38H,3-4,11-12H2,1-2H3/t14-,16+,21?/m0/s1. The largest absolute Gasteiger partial charge is 0.436 e. The van der Waals surface area contributed by atoms with E-state index >= 15 is 0 Å². The lowest BCUT2D eigenvalue weighted by Crippen LogP contribution is -2.43. The summed E-state index contributed by atoms with van der Waals surface area (Å²) in [6, 6.07) is 5.87. The molecule has 0 saturated heterocycles. The summed E-state index contributed by atoms with van der Waals surface area (Å²) in [5.74, 6) is -1.14. The highest BCUT2D eigenvalue weighted by Gasteiger charge is 2.45. The Morgan fingerprint density at radius 2 is 1.90 bits per heavy atom. The SMILES string of the molecule is C[C@H]1C2=CNN(c3ccc(F)cc3)C2=CC2=C1[C@@H](CN(CC(O)C(F)F)S(=O)(=O)c1cn(C)nc1C(F)(F)F)CC2. The quantitative estimate of drug-likeness (QED) is 0.437. The van der Waals surface area contributed by atoms with Crippen molar-refractivity contribution in [2.45, 2.75) is 43.4 Å². The second kappa shape index (κ2) is 10.5. The number of allylic oxidation sites excluding steroid dienone is 3. The van der Waals surface area contributed by atoms with Crippen molar-refractivity contribution in [2.24, 2.45) is 18.9 Å². The van der Waals surface area contributed by atoms with Gasteiger partial charge in [0.15, 0.2) is 5.69 Å². The first-order valence-corrected chi connectivity index (χ1v) is 14.2. The molecule has 3 aliphatic rings. The van der Waals surface area contributed by atoms with E-state index in [0.717, 1.165) is 29.5 Å². The number of aliphatic hydroxyl groups is 1. The van der Waals surface area contributed by atoms with Gasteiger partial charge in [0.1, 0.15) is 16.8 Å². The molecule has 1 aromatic carbocycles. The Morgan fingerprint density at radius 3 is 2.54 bits per heavy atom. The minimum Gasteiger partial charge on any atom is -0.386 e. The number of aryl methyl sites for hydroxylation is 1. The van der Waals surface area contributed by atoms with Crippen molar-refractivity contribution in [3.8, 4) is 0 Å². The van der Waals surface area contributed by atoms with Crippen molar-refractivity contribution < 1.29 is 39.9 Å². The van der Waals surface area contributed by atoms with E-state index in [9.17, 15) is 39.9 Å². The summed E-state index contributed by atoms with van der Waals surface area (Å²) < 4.78 is 109. The molecule has 222 valence electrons. The molecule has 0 bridgehead atoms. The van der Waals surface area contributed by atoms with E-state index in [1.165, 1.54) is 12.1 Å². The van der Waals surface area contributed by atoms with E-state index in [-0.39, 0.29) is 11.7 Å². The van der Waals surface area contributed by atoms with Crippen LogP contribution in [0.2, 0.25) is 0 Å². The number of alkyl halides is 5. The topological polar surface area (TPSA) is 90.7 Å². The molecule has 0 spiro atoms. The Balaban J connectivity index is 1.49. The number of nitrogens with one attached hydrogen (secondary N) is 1. The zero-order valence-corrected chi connectivity index (χ0v) is 22.7. The molecule has 0 radical (unpaired) electrons. The molecule has 2 aliphatic carbocycles. The Morgan fingerprint density at radius 1 is 1.22 bits per heavy atom. The van der Waals surface area contributed by atoms with Crippen LogP contribution in [0.25, 0.3) is 0 Å². The number of hydrazine groups is 1. The van der Waals surface area contributed by atoms with Crippen LogP contribution in [0.15, 0.2) is 70.1 Å². The fourth-order valence-corrected chi connectivity index (χ4v) is 7.39. The maximum Gasteiger partial charge on any atom is 0.436 e. The summed E-state index contributed by atoms with van der Waals surface area (Å²) in [4.78, 5) is -1.17. The van der Waals surface area contributed by atoms with Gasteiger partial charge in [-0.2, -0.15) is 22.6 Å². The van der Waals surface area contributed by atoms with Crippen molar-refractivity contribution in [3.05, 3.63) is 76.7 Å². The Labute approximate surface area is 232 Å². The van der Waals surface area contributed by atoms with Gasteiger partial charge in [0, 0.05) is 44.0 Å². The number of aliphatic hydroxyl groups excluding tert-OH is 1. The second-order valence-corrected chi connectivity index (χ2v) is 12.2. The average Bonchev–Trinajstić information content (AvgIpc) is 3.61. The molecule has 3 atom stereocenters. The third kappa shape index (κ3) is 5.37. The van der Waals surface area contributed by atoms with E-state index in [1.54, 1.807) is 23.3 Å². The number of rotatable bonds is 8. The Kier molecular flexibility index (Phi) is 7.49. The molecule has 0 amide bonds. The van der Waals surface area contributed by atoms with Gasteiger partial charge in [-0.15, -0.1) is 0 Å². The molecule has 1 aromatic heterocycles. The van der Waals surface area contributed by atoms with Crippen LogP contribution in [0.4, 0.5) is 32.0 Å². The number of halogens is 6. The predicted molar refractivity (Wildman–Crippen MR) is 136 cm³/mol. The first-order valence-electron chi connectivity index (χ1n) is 12.7. The van der Waals surface area contributed by atoms with Crippen molar-refractivity contribution >= 4 is 15.7 Å². The lowest BCUT2D eigenvalue weighted by atomic mass is 9.80. The minimum absolute atomic E-state index is 0.246. The maximum atomic E-state index is 13.6. The highest BCUT2D eigenvalue weighted by molar-refractivity contribution is 7.89. The maximum absolute atomic E-state index is 13.6. The van der Waals surface area contributed by atoms with Crippen molar-refractivity contribution in [1.29, 1.82) is 0 Å². The third-order valence-electron chi connectivity index (χ3n) is 7.57. The van der Waals surface area contributed by atoms with E-state index in [0.29, 0.717) is 33.7 Å². The van der Waals surface area contributed by atoms with Gasteiger partial charge < -0.3 is 10.5 Å². The smallest absolute Gasteiger partial charge is 0.386 e. The number of benzene rings is 1. The number of anilines is 1.